The number of methoxy groups -OCH3 is 1. The largest absolute Gasteiger partial charge is 0.489 e. The van der Waals surface area contributed by atoms with E-state index >= 15 is 0 Å². The fourth-order valence-electron chi connectivity index (χ4n) is 1.59. The minimum atomic E-state index is -4.61. The highest BCUT2D eigenvalue weighted by atomic mass is 32.2. The van der Waals surface area contributed by atoms with E-state index in [2.05, 4.69) is 5.32 Å². The van der Waals surface area contributed by atoms with Crippen LogP contribution in [0.1, 0.15) is 5.56 Å². The molecular weight excluding hydrogens is 339 g/mol. The molecule has 0 radical (unpaired) electrons. The summed E-state index contributed by atoms with van der Waals surface area (Å²) in [6.07, 6.45) is -3.77. The van der Waals surface area contributed by atoms with Crippen molar-refractivity contribution < 1.29 is 35.9 Å². The Morgan fingerprint density at radius 1 is 1.26 bits per heavy atom. The molecular formula is C13H16F3NO5S. The average Bonchev–Trinajstić information content (AvgIpc) is 2.37. The van der Waals surface area contributed by atoms with Gasteiger partial charge in [-0.2, -0.15) is 13.2 Å². The van der Waals surface area contributed by atoms with Crippen molar-refractivity contribution in [2.45, 2.75) is 6.18 Å². The molecule has 0 saturated heterocycles. The molecule has 0 unspecified atom stereocenters. The van der Waals surface area contributed by atoms with Gasteiger partial charge in [0.15, 0.2) is 9.84 Å². The molecule has 0 aliphatic rings. The average molecular weight is 355 g/mol. The van der Waals surface area contributed by atoms with E-state index < -0.39 is 33.2 Å². The van der Waals surface area contributed by atoms with E-state index in [4.69, 9.17) is 9.47 Å². The summed E-state index contributed by atoms with van der Waals surface area (Å²) in [7, 11) is -2.19. The van der Waals surface area contributed by atoms with Gasteiger partial charge in [0.25, 0.3) is 0 Å². The van der Waals surface area contributed by atoms with Crippen LogP contribution in [0.25, 0.3) is 0 Å². The fraction of sp³-hybridized carbons (Fsp3) is 0.462. The maximum atomic E-state index is 12.7. The van der Waals surface area contributed by atoms with Crippen LogP contribution in [0.4, 0.5) is 18.9 Å². The molecule has 0 atom stereocenters. The van der Waals surface area contributed by atoms with E-state index in [9.17, 15) is 26.4 Å². The maximum Gasteiger partial charge on any atom is 0.416 e. The van der Waals surface area contributed by atoms with Gasteiger partial charge >= 0.3 is 6.18 Å². The minimum absolute atomic E-state index is 0.0168. The Labute approximate surface area is 131 Å². The predicted octanol–water partition coefficient (Wildman–Crippen LogP) is 1.71. The van der Waals surface area contributed by atoms with E-state index in [0.29, 0.717) is 6.07 Å². The predicted molar refractivity (Wildman–Crippen MR) is 77.2 cm³/mol. The maximum absolute atomic E-state index is 12.7. The lowest BCUT2D eigenvalue weighted by molar-refractivity contribution is -0.137. The minimum Gasteiger partial charge on any atom is -0.489 e. The molecule has 130 valence electrons. The molecule has 0 spiro atoms. The Balaban J connectivity index is 3.04. The smallest absolute Gasteiger partial charge is 0.416 e. The van der Waals surface area contributed by atoms with Crippen LogP contribution in [0.5, 0.6) is 5.75 Å². The van der Waals surface area contributed by atoms with E-state index in [1.54, 1.807) is 0 Å². The van der Waals surface area contributed by atoms with Gasteiger partial charge in [0, 0.05) is 13.4 Å². The molecule has 0 heterocycles. The summed E-state index contributed by atoms with van der Waals surface area (Å²) in [6, 6.07) is 2.53. The van der Waals surface area contributed by atoms with E-state index in [1.807, 2.05) is 0 Å². The first kappa shape index (κ1) is 19.2. The second-order valence-corrected chi connectivity index (χ2v) is 6.81. The highest BCUT2D eigenvalue weighted by Gasteiger charge is 2.31. The van der Waals surface area contributed by atoms with Crippen molar-refractivity contribution in [3.05, 3.63) is 23.8 Å². The number of rotatable bonds is 7. The molecule has 10 heteroatoms. The van der Waals surface area contributed by atoms with Gasteiger partial charge in [-0.15, -0.1) is 0 Å². The molecule has 0 aromatic heterocycles. The second kappa shape index (κ2) is 7.64. The number of benzene rings is 1. The summed E-state index contributed by atoms with van der Waals surface area (Å²) in [5.74, 6) is -1.82. The summed E-state index contributed by atoms with van der Waals surface area (Å²) < 4.78 is 70.3. The molecule has 0 bridgehead atoms. The third-order valence-corrected chi connectivity index (χ3v) is 3.31. The third kappa shape index (κ3) is 6.87. The Hall–Kier alpha value is -1.81. The lowest BCUT2D eigenvalue weighted by atomic mass is 10.1. The van der Waals surface area contributed by atoms with Gasteiger partial charge in [0.1, 0.15) is 18.1 Å². The molecule has 0 aliphatic carbocycles. The van der Waals surface area contributed by atoms with Gasteiger partial charge in [-0.1, -0.05) is 0 Å². The number of carbonyl (C=O) groups is 1. The number of carbonyl (C=O) groups excluding carboxylic acids is 1. The Bertz CT molecular complexity index is 658. The lowest BCUT2D eigenvalue weighted by Gasteiger charge is -2.15. The van der Waals surface area contributed by atoms with Gasteiger partial charge in [-0.3, -0.25) is 4.79 Å². The third-order valence-electron chi connectivity index (χ3n) is 2.52. The van der Waals surface area contributed by atoms with Gasteiger partial charge in [0.2, 0.25) is 5.91 Å². The highest BCUT2D eigenvalue weighted by Crippen LogP contribution is 2.35. The monoisotopic (exact) mass is 355 g/mol. The quantitative estimate of drug-likeness (QED) is 0.753. The molecule has 1 rings (SSSR count). The van der Waals surface area contributed by atoms with Crippen molar-refractivity contribution in [2.24, 2.45) is 0 Å². The molecule has 0 fully saturated rings. The van der Waals surface area contributed by atoms with Crippen molar-refractivity contribution in [3.63, 3.8) is 0 Å². The van der Waals surface area contributed by atoms with Gasteiger partial charge < -0.3 is 14.8 Å². The number of alkyl halides is 3. The summed E-state index contributed by atoms with van der Waals surface area (Å²) in [5.41, 5.74) is -1.25. The van der Waals surface area contributed by atoms with Crippen LogP contribution in [0.2, 0.25) is 0 Å². The van der Waals surface area contributed by atoms with Gasteiger partial charge in [-0.05, 0) is 18.2 Å². The standard InChI is InChI=1S/C13H16F3NO5S/c1-21-5-6-22-11-4-3-9(13(14,15)16)7-10(11)17-12(18)8-23(2,19)20/h3-4,7H,5-6,8H2,1-2H3,(H,17,18). The number of hydrogen-bond donors (Lipinski definition) is 1. The Morgan fingerprint density at radius 3 is 2.43 bits per heavy atom. The summed E-state index contributed by atoms with van der Waals surface area (Å²) >= 11 is 0. The molecule has 1 aromatic carbocycles. The molecule has 1 aromatic rings. The van der Waals surface area contributed by atoms with Crippen molar-refractivity contribution in [1.82, 2.24) is 0 Å². The number of anilines is 1. The van der Waals surface area contributed by atoms with Gasteiger partial charge in [0.05, 0.1) is 17.9 Å². The SMILES string of the molecule is COCCOc1ccc(C(F)(F)F)cc1NC(=O)CS(C)(=O)=O. The zero-order valence-corrected chi connectivity index (χ0v) is 13.3. The van der Waals surface area contributed by atoms with Crippen LogP contribution < -0.4 is 10.1 Å². The number of nitrogens with one attached hydrogen (secondary N) is 1. The highest BCUT2D eigenvalue weighted by molar-refractivity contribution is 7.91. The van der Waals surface area contributed by atoms with E-state index in [1.165, 1.54) is 7.11 Å². The van der Waals surface area contributed by atoms with Crippen molar-refractivity contribution in [2.75, 3.05) is 37.6 Å². The Kier molecular flexibility index (Phi) is 6.39. The molecule has 1 amide bonds. The van der Waals surface area contributed by atoms with E-state index in [-0.39, 0.29) is 24.7 Å². The molecule has 6 nitrogen and oxygen atoms in total. The van der Waals surface area contributed by atoms with Crippen molar-refractivity contribution in [1.29, 1.82) is 0 Å². The van der Waals surface area contributed by atoms with Crippen LogP contribution >= 0.6 is 0 Å². The topological polar surface area (TPSA) is 81.7 Å². The van der Waals surface area contributed by atoms with Crippen LogP contribution in [0.15, 0.2) is 18.2 Å². The molecule has 0 saturated carbocycles. The first-order valence-electron chi connectivity index (χ1n) is 6.33. The second-order valence-electron chi connectivity index (χ2n) is 4.67. The Morgan fingerprint density at radius 2 is 1.91 bits per heavy atom. The molecule has 0 aliphatic heterocycles. The number of sulfone groups is 1. The van der Waals surface area contributed by atoms with Crippen molar-refractivity contribution >= 4 is 21.4 Å². The summed E-state index contributed by atoms with van der Waals surface area (Å²) in [5, 5.41) is 2.12. The normalized spacial score (nSPS) is 12.0. The summed E-state index contributed by atoms with van der Waals surface area (Å²) in [6.45, 7) is 0.245. The number of amides is 1. The number of hydrogen-bond acceptors (Lipinski definition) is 5. The number of ether oxygens (including phenoxy) is 2. The molecule has 23 heavy (non-hydrogen) atoms. The van der Waals surface area contributed by atoms with Crippen molar-refractivity contribution in [3.8, 4) is 5.75 Å². The molecule has 1 N–H and O–H groups in total. The lowest BCUT2D eigenvalue weighted by Crippen LogP contribution is -2.22. The fourth-order valence-corrected chi connectivity index (χ4v) is 2.14. The van der Waals surface area contributed by atoms with Crippen LogP contribution in [0.3, 0.4) is 0 Å². The van der Waals surface area contributed by atoms with Crippen LogP contribution in [-0.4, -0.2) is 46.7 Å². The zero-order valence-electron chi connectivity index (χ0n) is 12.4. The number of halogens is 3. The van der Waals surface area contributed by atoms with Crippen LogP contribution in [0, 0.1) is 0 Å². The zero-order chi connectivity index (χ0) is 17.7. The van der Waals surface area contributed by atoms with Gasteiger partial charge in [-0.25, -0.2) is 8.42 Å². The van der Waals surface area contributed by atoms with E-state index in [0.717, 1.165) is 18.4 Å². The summed E-state index contributed by atoms with van der Waals surface area (Å²) in [4.78, 5) is 11.6. The first-order chi connectivity index (χ1) is 10.5. The first-order valence-corrected chi connectivity index (χ1v) is 8.39. The van der Waals surface area contributed by atoms with Crippen LogP contribution in [-0.2, 0) is 25.5 Å².